The summed E-state index contributed by atoms with van der Waals surface area (Å²) in [4.78, 5) is 0. The van der Waals surface area contributed by atoms with Crippen LogP contribution in [0.3, 0.4) is 0 Å². The summed E-state index contributed by atoms with van der Waals surface area (Å²) in [6.45, 7) is 2.27. The first-order valence-corrected chi connectivity index (χ1v) is 10.2. The summed E-state index contributed by atoms with van der Waals surface area (Å²) in [5.74, 6) is 2.37. The molecule has 0 amide bonds. The zero-order valence-corrected chi connectivity index (χ0v) is 17.3. The molecule has 0 saturated heterocycles. The van der Waals surface area contributed by atoms with E-state index in [1.54, 1.807) is 13.2 Å². The van der Waals surface area contributed by atoms with Gasteiger partial charge in [-0.05, 0) is 24.3 Å². The molecule has 3 aromatic rings. The fourth-order valence-electron chi connectivity index (χ4n) is 4.23. The molecule has 0 spiro atoms. The van der Waals surface area contributed by atoms with Crippen LogP contribution in [0.2, 0.25) is 0 Å². The van der Waals surface area contributed by atoms with E-state index in [2.05, 4.69) is 17.8 Å². The highest BCUT2D eigenvalue weighted by Crippen LogP contribution is 2.51. The van der Waals surface area contributed by atoms with Gasteiger partial charge >= 0.3 is 0 Å². The third kappa shape index (κ3) is 3.47. The number of nitrogens with one attached hydrogen (secondary N) is 2. The predicted molar refractivity (Wildman–Crippen MR) is 116 cm³/mol. The maximum atomic E-state index is 10.9. The Kier molecular flexibility index (Phi) is 4.95. The average molecular weight is 420 g/mol. The first kappa shape index (κ1) is 19.4. The average Bonchev–Trinajstić information content (AvgIpc) is 3.25. The van der Waals surface area contributed by atoms with Crippen LogP contribution in [0.15, 0.2) is 60.7 Å². The van der Waals surface area contributed by atoms with Crippen molar-refractivity contribution in [3.05, 3.63) is 71.8 Å². The Morgan fingerprint density at radius 3 is 2.48 bits per heavy atom. The first-order valence-electron chi connectivity index (χ1n) is 10.2. The number of benzene rings is 3. The summed E-state index contributed by atoms with van der Waals surface area (Å²) in [7, 11) is 1.55. The lowest BCUT2D eigenvalue weighted by Crippen LogP contribution is -2.47. The van der Waals surface area contributed by atoms with Crippen molar-refractivity contribution in [2.24, 2.45) is 5.92 Å². The lowest BCUT2D eigenvalue weighted by molar-refractivity contribution is 0.0857. The van der Waals surface area contributed by atoms with E-state index >= 15 is 0 Å². The van der Waals surface area contributed by atoms with E-state index in [9.17, 15) is 5.11 Å². The third-order valence-corrected chi connectivity index (χ3v) is 5.82. The van der Waals surface area contributed by atoms with E-state index in [4.69, 9.17) is 18.9 Å². The number of hydrazine groups is 1. The maximum absolute atomic E-state index is 10.9. The second-order valence-corrected chi connectivity index (χ2v) is 7.65. The molecule has 31 heavy (non-hydrogen) atoms. The summed E-state index contributed by atoms with van der Waals surface area (Å²) in [6, 6.07) is 19.2. The van der Waals surface area contributed by atoms with Crippen LogP contribution in [-0.2, 0) is 0 Å². The van der Waals surface area contributed by atoms with Crippen molar-refractivity contribution in [3.8, 4) is 28.7 Å². The maximum Gasteiger partial charge on any atom is 0.231 e. The van der Waals surface area contributed by atoms with E-state index in [0.717, 1.165) is 16.8 Å². The topological polar surface area (TPSA) is 81.2 Å². The Morgan fingerprint density at radius 1 is 0.935 bits per heavy atom. The molecule has 5 rings (SSSR count). The van der Waals surface area contributed by atoms with Gasteiger partial charge < -0.3 is 29.5 Å². The summed E-state index contributed by atoms with van der Waals surface area (Å²) in [5, 5.41) is 10.9. The standard InChI is InChI=1S/C24H24N2O5/c1-14-22(16-9-6-10-18(28-2)23(16)27)17-11-20-21(30-13-29-20)12-19(17)31-24(14)26-25-15-7-4-3-5-8-15/h3-12,14,22,24-27H,13H2,1-2H3/t14-,22+,24-/m0/s1. The number of phenolic OH excluding ortho intramolecular Hbond substituents is 1. The Labute approximate surface area is 180 Å². The Hall–Kier alpha value is -3.58. The molecule has 3 N–H and O–H groups in total. The molecular formula is C24H24N2O5. The number of aromatic hydroxyl groups is 1. The van der Waals surface area contributed by atoms with Gasteiger partial charge in [-0.25, -0.2) is 0 Å². The third-order valence-electron chi connectivity index (χ3n) is 5.82. The summed E-state index contributed by atoms with van der Waals surface area (Å²) in [5.41, 5.74) is 9.13. The largest absolute Gasteiger partial charge is 0.504 e. The molecule has 2 heterocycles. The van der Waals surface area contributed by atoms with Crippen molar-refractivity contribution < 1.29 is 24.1 Å². The minimum absolute atomic E-state index is 0.0397. The number of hydrogen-bond donors (Lipinski definition) is 3. The van der Waals surface area contributed by atoms with E-state index in [0.29, 0.717) is 23.0 Å². The number of anilines is 1. The van der Waals surface area contributed by atoms with E-state index in [1.807, 2.05) is 54.6 Å². The molecule has 2 aliphatic heterocycles. The summed E-state index contributed by atoms with van der Waals surface area (Å²) >= 11 is 0. The highest BCUT2D eigenvalue weighted by molar-refractivity contribution is 5.59. The Morgan fingerprint density at radius 2 is 1.71 bits per heavy atom. The molecule has 0 radical (unpaired) electrons. The van der Waals surface area contributed by atoms with Crippen LogP contribution in [0.4, 0.5) is 5.69 Å². The molecule has 0 unspecified atom stereocenters. The smallest absolute Gasteiger partial charge is 0.231 e. The predicted octanol–water partition coefficient (Wildman–Crippen LogP) is 4.23. The molecular weight excluding hydrogens is 396 g/mol. The van der Waals surface area contributed by atoms with Gasteiger partial charge in [0.05, 0.1) is 7.11 Å². The van der Waals surface area contributed by atoms with Crippen molar-refractivity contribution in [1.29, 1.82) is 0 Å². The van der Waals surface area contributed by atoms with Crippen molar-refractivity contribution in [1.82, 2.24) is 5.43 Å². The number of hydrogen-bond acceptors (Lipinski definition) is 7. The fourth-order valence-corrected chi connectivity index (χ4v) is 4.23. The fraction of sp³-hybridized carbons (Fsp3) is 0.250. The number of phenols is 1. The summed E-state index contributed by atoms with van der Waals surface area (Å²) in [6.07, 6.45) is -0.372. The molecule has 2 aliphatic rings. The molecule has 0 saturated carbocycles. The zero-order chi connectivity index (χ0) is 21.4. The molecule has 7 heteroatoms. The minimum Gasteiger partial charge on any atom is -0.504 e. The molecule has 0 aliphatic carbocycles. The van der Waals surface area contributed by atoms with Crippen LogP contribution in [0.1, 0.15) is 24.0 Å². The number of fused-ring (bicyclic) bond motifs is 2. The normalized spacial score (nSPS) is 21.2. The molecule has 3 atom stereocenters. The van der Waals surface area contributed by atoms with Gasteiger partial charge in [0, 0.05) is 34.7 Å². The number of rotatable bonds is 5. The van der Waals surface area contributed by atoms with E-state index < -0.39 is 0 Å². The van der Waals surface area contributed by atoms with Gasteiger partial charge in [0.15, 0.2) is 29.2 Å². The van der Waals surface area contributed by atoms with Gasteiger partial charge in [-0.2, -0.15) is 5.43 Å². The number of methoxy groups -OCH3 is 1. The zero-order valence-electron chi connectivity index (χ0n) is 17.3. The van der Waals surface area contributed by atoms with E-state index in [-0.39, 0.29) is 30.6 Å². The highest BCUT2D eigenvalue weighted by Gasteiger charge is 2.39. The Bertz CT molecular complexity index is 1090. The van der Waals surface area contributed by atoms with Crippen LogP contribution >= 0.6 is 0 Å². The van der Waals surface area contributed by atoms with Gasteiger partial charge in [-0.1, -0.05) is 37.3 Å². The molecule has 0 aromatic heterocycles. The van der Waals surface area contributed by atoms with Crippen LogP contribution in [0, 0.1) is 5.92 Å². The summed E-state index contributed by atoms with van der Waals surface area (Å²) < 4.78 is 22.8. The van der Waals surface area contributed by atoms with Crippen LogP contribution in [0.5, 0.6) is 28.7 Å². The van der Waals surface area contributed by atoms with Gasteiger partial charge in [-0.3, -0.25) is 0 Å². The molecule has 0 bridgehead atoms. The van der Waals surface area contributed by atoms with Crippen LogP contribution in [0.25, 0.3) is 0 Å². The number of ether oxygens (including phenoxy) is 4. The SMILES string of the molecule is COc1cccc([C@@H]2c3cc4c(cc3O[C@H](NNc3ccccc3)[C@H]2C)OCO4)c1O. The first-order chi connectivity index (χ1) is 15.2. The molecule has 7 nitrogen and oxygen atoms in total. The minimum atomic E-state index is -0.372. The lowest BCUT2D eigenvalue weighted by atomic mass is 9.78. The van der Waals surface area contributed by atoms with Crippen molar-refractivity contribution in [2.75, 3.05) is 19.3 Å². The van der Waals surface area contributed by atoms with Crippen LogP contribution in [-0.4, -0.2) is 25.2 Å². The molecule has 0 fully saturated rings. The quantitative estimate of drug-likeness (QED) is 0.533. The lowest BCUT2D eigenvalue weighted by Gasteiger charge is -2.39. The second kappa shape index (κ2) is 7.92. The van der Waals surface area contributed by atoms with Crippen molar-refractivity contribution in [3.63, 3.8) is 0 Å². The Balaban J connectivity index is 1.55. The van der Waals surface area contributed by atoms with E-state index in [1.165, 1.54) is 0 Å². The second-order valence-electron chi connectivity index (χ2n) is 7.65. The molecule has 160 valence electrons. The van der Waals surface area contributed by atoms with Gasteiger partial charge in [0.1, 0.15) is 5.75 Å². The molecule has 3 aromatic carbocycles. The number of para-hydroxylation sites is 2. The van der Waals surface area contributed by atoms with Crippen molar-refractivity contribution in [2.45, 2.75) is 19.1 Å². The van der Waals surface area contributed by atoms with Crippen LogP contribution < -0.4 is 29.8 Å². The monoisotopic (exact) mass is 420 g/mol. The van der Waals surface area contributed by atoms with Crippen molar-refractivity contribution >= 4 is 5.69 Å². The van der Waals surface area contributed by atoms with Gasteiger partial charge in [0.25, 0.3) is 0 Å². The van der Waals surface area contributed by atoms with Gasteiger partial charge in [-0.15, -0.1) is 0 Å². The van der Waals surface area contributed by atoms with Gasteiger partial charge in [0.2, 0.25) is 6.79 Å². The highest BCUT2D eigenvalue weighted by atomic mass is 16.7.